The standard InChI is InChI=1S/C30H23F2N3O4/c1-16(2)17-9-11-20(12-10-17)35-24-14-13-22(31)26(32)25(24)27(29(35)37)34-33-23-8-4-7-21(28(23)36)18-5-3-6-19(15-18)30(38)39/h3-16,33,36H,1-2H3,(H,38,39). The maximum Gasteiger partial charge on any atom is 0.335 e. The van der Waals surface area contributed by atoms with Crippen LogP contribution in [-0.2, 0) is 4.79 Å². The minimum Gasteiger partial charge on any atom is -0.505 e. The van der Waals surface area contributed by atoms with Crippen LogP contribution in [0.1, 0.15) is 41.3 Å². The third-order valence-corrected chi connectivity index (χ3v) is 6.52. The quantitative estimate of drug-likeness (QED) is 0.192. The largest absolute Gasteiger partial charge is 0.505 e. The summed E-state index contributed by atoms with van der Waals surface area (Å²) in [4.78, 5) is 26.1. The number of carboxylic acids is 1. The molecule has 0 saturated heterocycles. The average molecular weight is 528 g/mol. The molecule has 4 aromatic rings. The molecule has 0 saturated carbocycles. The summed E-state index contributed by atoms with van der Waals surface area (Å²) in [6.45, 7) is 4.07. The maximum absolute atomic E-state index is 15.0. The van der Waals surface area contributed by atoms with E-state index in [0.29, 0.717) is 16.8 Å². The van der Waals surface area contributed by atoms with E-state index in [1.165, 1.54) is 29.2 Å². The van der Waals surface area contributed by atoms with Crippen molar-refractivity contribution < 1.29 is 28.6 Å². The molecule has 0 aromatic heterocycles. The zero-order valence-corrected chi connectivity index (χ0v) is 20.9. The molecule has 39 heavy (non-hydrogen) atoms. The molecule has 0 fully saturated rings. The van der Waals surface area contributed by atoms with Gasteiger partial charge in [0.25, 0.3) is 5.91 Å². The molecule has 1 amide bonds. The van der Waals surface area contributed by atoms with E-state index < -0.39 is 23.5 Å². The predicted molar refractivity (Wildman–Crippen MR) is 145 cm³/mol. The van der Waals surface area contributed by atoms with Crippen LogP contribution in [0.2, 0.25) is 0 Å². The van der Waals surface area contributed by atoms with Gasteiger partial charge in [0.15, 0.2) is 17.3 Å². The number of rotatable bonds is 6. The molecular formula is C30H23F2N3O4. The second-order valence-corrected chi connectivity index (χ2v) is 9.30. The summed E-state index contributed by atoms with van der Waals surface area (Å²) < 4.78 is 29.3. The number of hydrogen-bond donors (Lipinski definition) is 3. The summed E-state index contributed by atoms with van der Waals surface area (Å²) >= 11 is 0. The van der Waals surface area contributed by atoms with E-state index in [1.807, 2.05) is 26.0 Å². The van der Waals surface area contributed by atoms with E-state index >= 15 is 4.39 Å². The number of halogens is 2. The van der Waals surface area contributed by atoms with Crippen molar-refractivity contribution >= 4 is 34.7 Å². The monoisotopic (exact) mass is 527 g/mol. The van der Waals surface area contributed by atoms with Gasteiger partial charge in [-0.05, 0) is 59.5 Å². The second-order valence-electron chi connectivity index (χ2n) is 9.30. The molecule has 9 heteroatoms. The summed E-state index contributed by atoms with van der Waals surface area (Å²) in [5.74, 6) is -4.14. The number of amides is 1. The number of aromatic hydroxyl groups is 1. The number of aromatic carboxylic acids is 1. The first-order valence-electron chi connectivity index (χ1n) is 12.1. The summed E-state index contributed by atoms with van der Waals surface area (Å²) in [7, 11) is 0. The van der Waals surface area contributed by atoms with Crippen LogP contribution in [0.15, 0.2) is 84.0 Å². The molecule has 0 unspecified atom stereocenters. The number of fused-ring (bicyclic) bond motifs is 1. The minimum absolute atomic E-state index is 0.0395. The number of para-hydroxylation sites is 1. The van der Waals surface area contributed by atoms with Crippen LogP contribution in [0.4, 0.5) is 25.8 Å². The lowest BCUT2D eigenvalue weighted by molar-refractivity contribution is -0.111. The molecule has 1 aliphatic heterocycles. The van der Waals surface area contributed by atoms with Crippen molar-refractivity contribution in [1.29, 1.82) is 0 Å². The van der Waals surface area contributed by atoms with E-state index in [4.69, 9.17) is 0 Å². The van der Waals surface area contributed by atoms with Crippen molar-refractivity contribution in [2.24, 2.45) is 5.10 Å². The van der Waals surface area contributed by atoms with Crippen LogP contribution in [0, 0.1) is 11.6 Å². The molecule has 4 aromatic carbocycles. The molecule has 0 radical (unpaired) electrons. The lowest BCUT2D eigenvalue weighted by atomic mass is 10.0. The first kappa shape index (κ1) is 25.6. The highest BCUT2D eigenvalue weighted by Crippen LogP contribution is 2.39. The number of carbonyl (C=O) groups excluding carboxylic acids is 1. The van der Waals surface area contributed by atoms with Gasteiger partial charge in [-0.2, -0.15) is 5.10 Å². The Kier molecular flexibility index (Phi) is 6.57. The Labute approximate surface area is 222 Å². The number of phenolic OH excluding ortho intramolecular Hbond substituents is 1. The summed E-state index contributed by atoms with van der Waals surface area (Å²) in [6, 6.07) is 20.1. The Morgan fingerprint density at radius 1 is 0.974 bits per heavy atom. The van der Waals surface area contributed by atoms with Gasteiger partial charge in [-0.15, -0.1) is 0 Å². The average Bonchev–Trinajstić information content (AvgIpc) is 3.21. The number of anilines is 3. The first-order chi connectivity index (χ1) is 18.7. The number of carboxylic acid groups (broad SMARTS) is 1. The summed E-state index contributed by atoms with van der Waals surface area (Å²) in [5.41, 5.74) is 4.45. The number of nitrogens with zero attached hydrogens (tertiary/aromatic N) is 2. The van der Waals surface area contributed by atoms with Crippen molar-refractivity contribution in [2.45, 2.75) is 19.8 Å². The van der Waals surface area contributed by atoms with Gasteiger partial charge in [0.2, 0.25) is 0 Å². The number of hydrogen-bond acceptors (Lipinski definition) is 5. The summed E-state index contributed by atoms with van der Waals surface area (Å²) in [5, 5.41) is 24.3. The molecule has 0 atom stereocenters. The highest BCUT2D eigenvalue weighted by molar-refractivity contribution is 6.55. The molecule has 3 N–H and O–H groups in total. The lowest BCUT2D eigenvalue weighted by Gasteiger charge is -2.18. The van der Waals surface area contributed by atoms with E-state index in [-0.39, 0.29) is 39.9 Å². The molecule has 1 aliphatic rings. The molecule has 196 valence electrons. The minimum atomic E-state index is -1.22. The predicted octanol–water partition coefficient (Wildman–Crippen LogP) is 6.65. The van der Waals surface area contributed by atoms with Crippen molar-refractivity contribution in [3.8, 4) is 16.9 Å². The molecule has 0 spiro atoms. The van der Waals surface area contributed by atoms with Crippen LogP contribution < -0.4 is 10.3 Å². The molecule has 7 nitrogen and oxygen atoms in total. The van der Waals surface area contributed by atoms with E-state index in [1.54, 1.807) is 36.4 Å². The van der Waals surface area contributed by atoms with Crippen molar-refractivity contribution in [3.05, 3.63) is 107 Å². The molecule has 0 aliphatic carbocycles. The Morgan fingerprint density at radius 2 is 1.69 bits per heavy atom. The first-order valence-corrected chi connectivity index (χ1v) is 12.1. The van der Waals surface area contributed by atoms with Crippen LogP contribution >= 0.6 is 0 Å². The van der Waals surface area contributed by atoms with Gasteiger partial charge in [-0.25, -0.2) is 13.6 Å². The summed E-state index contributed by atoms with van der Waals surface area (Å²) in [6.07, 6.45) is 0. The normalized spacial score (nSPS) is 13.7. The topological polar surface area (TPSA) is 102 Å². The van der Waals surface area contributed by atoms with E-state index in [2.05, 4.69) is 10.5 Å². The third-order valence-electron chi connectivity index (χ3n) is 6.52. The van der Waals surface area contributed by atoms with Crippen molar-refractivity contribution in [3.63, 3.8) is 0 Å². The van der Waals surface area contributed by atoms with E-state index in [9.17, 15) is 24.2 Å². The number of nitrogens with one attached hydrogen (secondary N) is 1. The van der Waals surface area contributed by atoms with Gasteiger partial charge in [-0.1, -0.05) is 50.2 Å². The van der Waals surface area contributed by atoms with Crippen LogP contribution in [0.3, 0.4) is 0 Å². The van der Waals surface area contributed by atoms with Crippen LogP contribution in [0.5, 0.6) is 5.75 Å². The maximum atomic E-state index is 15.0. The number of benzene rings is 4. The fourth-order valence-corrected chi connectivity index (χ4v) is 4.45. The van der Waals surface area contributed by atoms with Gasteiger partial charge in [-0.3, -0.25) is 15.1 Å². The molecule has 0 bridgehead atoms. The smallest absolute Gasteiger partial charge is 0.335 e. The van der Waals surface area contributed by atoms with Gasteiger partial charge >= 0.3 is 5.97 Å². The highest BCUT2D eigenvalue weighted by Gasteiger charge is 2.39. The number of carbonyl (C=O) groups is 2. The number of phenols is 1. The van der Waals surface area contributed by atoms with Gasteiger partial charge in [0.05, 0.1) is 22.5 Å². The Balaban J connectivity index is 1.54. The fourth-order valence-electron chi connectivity index (χ4n) is 4.45. The second kappa shape index (κ2) is 10.0. The van der Waals surface area contributed by atoms with Gasteiger partial charge < -0.3 is 10.2 Å². The van der Waals surface area contributed by atoms with Crippen molar-refractivity contribution in [1.82, 2.24) is 0 Å². The molecular weight excluding hydrogens is 504 g/mol. The molecule has 5 rings (SSSR count). The van der Waals surface area contributed by atoms with Gasteiger partial charge in [0.1, 0.15) is 5.75 Å². The molecule has 1 heterocycles. The fraction of sp³-hybridized carbons (Fsp3) is 0.100. The zero-order chi connectivity index (χ0) is 27.8. The van der Waals surface area contributed by atoms with E-state index in [0.717, 1.165) is 11.6 Å². The van der Waals surface area contributed by atoms with Crippen LogP contribution in [-0.4, -0.2) is 27.8 Å². The van der Waals surface area contributed by atoms with Crippen molar-refractivity contribution in [2.75, 3.05) is 10.3 Å². The third kappa shape index (κ3) is 4.59. The Morgan fingerprint density at radius 3 is 2.38 bits per heavy atom. The Bertz CT molecular complexity index is 1650. The van der Waals surface area contributed by atoms with Gasteiger partial charge in [0, 0.05) is 11.3 Å². The Hall–Kier alpha value is -5.05. The van der Waals surface area contributed by atoms with Crippen LogP contribution in [0.25, 0.3) is 11.1 Å². The SMILES string of the molecule is CC(C)c1ccc(N2C(=O)C(=NNc3cccc(-c4cccc(C(=O)O)c4)c3O)c3c2ccc(F)c3F)cc1. The zero-order valence-electron chi connectivity index (χ0n) is 20.9. The lowest BCUT2D eigenvalue weighted by Crippen LogP contribution is -2.26. The number of hydrazone groups is 1. The highest BCUT2D eigenvalue weighted by atomic mass is 19.2.